The van der Waals surface area contributed by atoms with Crippen molar-refractivity contribution in [3.8, 4) is 0 Å². The van der Waals surface area contributed by atoms with Crippen LogP contribution in [0.5, 0.6) is 0 Å². The van der Waals surface area contributed by atoms with Gasteiger partial charge in [0.15, 0.2) is 0 Å². The van der Waals surface area contributed by atoms with E-state index < -0.39 is 0 Å². The van der Waals surface area contributed by atoms with Crippen LogP contribution >= 0.6 is 0 Å². The first-order chi connectivity index (χ1) is 7.34. The molecular weight excluding hydrogens is 188 g/mol. The molecule has 0 amide bonds. The molecule has 0 atom stereocenters. The fourth-order valence-corrected chi connectivity index (χ4v) is 1.33. The zero-order chi connectivity index (χ0) is 10.5. The Bertz CT molecular complexity index is 392. The standard InChI is InChI=1S/C12H14N2O/c1-10-4-5-11(14-7-10)8-13-9-12-3-2-6-15-12/h2-7,13H,8-9H2,1H3. The molecule has 0 radical (unpaired) electrons. The zero-order valence-corrected chi connectivity index (χ0v) is 8.73. The van der Waals surface area contributed by atoms with Crippen LogP contribution in [0.1, 0.15) is 17.0 Å². The molecule has 2 aromatic heterocycles. The van der Waals surface area contributed by atoms with Crippen molar-refractivity contribution in [1.29, 1.82) is 0 Å². The molecule has 0 aliphatic carbocycles. The number of rotatable bonds is 4. The Morgan fingerprint density at radius 3 is 2.87 bits per heavy atom. The summed E-state index contributed by atoms with van der Waals surface area (Å²) in [5.41, 5.74) is 2.23. The molecule has 0 saturated carbocycles. The molecule has 0 aliphatic heterocycles. The van der Waals surface area contributed by atoms with Crippen molar-refractivity contribution >= 4 is 0 Å². The third-order valence-electron chi connectivity index (χ3n) is 2.16. The van der Waals surface area contributed by atoms with Crippen LogP contribution in [-0.4, -0.2) is 4.98 Å². The highest BCUT2D eigenvalue weighted by Gasteiger charge is 1.96. The summed E-state index contributed by atoms with van der Waals surface area (Å²) in [4.78, 5) is 4.30. The van der Waals surface area contributed by atoms with Crippen molar-refractivity contribution < 1.29 is 4.42 Å². The van der Waals surface area contributed by atoms with Crippen LogP contribution in [0.2, 0.25) is 0 Å². The third-order valence-corrected chi connectivity index (χ3v) is 2.16. The predicted octanol–water partition coefficient (Wildman–Crippen LogP) is 2.27. The van der Waals surface area contributed by atoms with Gasteiger partial charge in [0.25, 0.3) is 0 Å². The van der Waals surface area contributed by atoms with E-state index in [9.17, 15) is 0 Å². The van der Waals surface area contributed by atoms with Gasteiger partial charge in [0.2, 0.25) is 0 Å². The van der Waals surface area contributed by atoms with Gasteiger partial charge in [-0.25, -0.2) is 0 Å². The minimum Gasteiger partial charge on any atom is -0.468 e. The second-order valence-corrected chi connectivity index (χ2v) is 3.51. The first-order valence-corrected chi connectivity index (χ1v) is 4.99. The largest absolute Gasteiger partial charge is 0.468 e. The molecule has 3 heteroatoms. The van der Waals surface area contributed by atoms with E-state index in [1.54, 1.807) is 6.26 Å². The van der Waals surface area contributed by atoms with Crippen molar-refractivity contribution in [2.45, 2.75) is 20.0 Å². The van der Waals surface area contributed by atoms with Crippen LogP contribution in [0, 0.1) is 6.92 Å². The fraction of sp³-hybridized carbons (Fsp3) is 0.250. The van der Waals surface area contributed by atoms with E-state index in [1.165, 1.54) is 5.56 Å². The maximum Gasteiger partial charge on any atom is 0.117 e. The Morgan fingerprint density at radius 2 is 2.20 bits per heavy atom. The number of aryl methyl sites for hydroxylation is 1. The van der Waals surface area contributed by atoms with Crippen LogP contribution in [0.15, 0.2) is 41.1 Å². The Labute approximate surface area is 89.1 Å². The Balaban J connectivity index is 1.81. The third kappa shape index (κ3) is 2.92. The molecule has 2 aromatic rings. The summed E-state index contributed by atoms with van der Waals surface area (Å²) in [7, 11) is 0. The predicted molar refractivity (Wildman–Crippen MR) is 58.2 cm³/mol. The van der Waals surface area contributed by atoms with Gasteiger partial charge < -0.3 is 9.73 Å². The Morgan fingerprint density at radius 1 is 1.27 bits per heavy atom. The summed E-state index contributed by atoms with van der Waals surface area (Å²) in [6.45, 7) is 3.54. The second kappa shape index (κ2) is 4.75. The van der Waals surface area contributed by atoms with E-state index in [0.717, 1.165) is 24.5 Å². The molecule has 0 saturated heterocycles. The number of nitrogens with one attached hydrogen (secondary N) is 1. The van der Waals surface area contributed by atoms with Gasteiger partial charge >= 0.3 is 0 Å². The van der Waals surface area contributed by atoms with Gasteiger partial charge in [0.1, 0.15) is 5.76 Å². The quantitative estimate of drug-likeness (QED) is 0.826. The lowest BCUT2D eigenvalue weighted by Gasteiger charge is -2.02. The van der Waals surface area contributed by atoms with Crippen molar-refractivity contribution in [2.75, 3.05) is 0 Å². The number of aromatic nitrogens is 1. The highest BCUT2D eigenvalue weighted by Crippen LogP contribution is 2.01. The van der Waals surface area contributed by atoms with Crippen LogP contribution in [0.25, 0.3) is 0 Å². The SMILES string of the molecule is Cc1ccc(CNCc2ccco2)nc1. The van der Waals surface area contributed by atoms with Gasteiger partial charge in [-0.1, -0.05) is 6.07 Å². The van der Waals surface area contributed by atoms with Crippen molar-refractivity contribution in [1.82, 2.24) is 10.3 Å². The summed E-state index contributed by atoms with van der Waals surface area (Å²) >= 11 is 0. The number of pyridine rings is 1. The molecule has 78 valence electrons. The fourth-order valence-electron chi connectivity index (χ4n) is 1.33. The van der Waals surface area contributed by atoms with Crippen molar-refractivity contribution in [3.05, 3.63) is 53.7 Å². The Hall–Kier alpha value is -1.61. The number of hydrogen-bond donors (Lipinski definition) is 1. The molecule has 0 aromatic carbocycles. The maximum atomic E-state index is 5.21. The average Bonchev–Trinajstić information content (AvgIpc) is 2.74. The smallest absolute Gasteiger partial charge is 0.117 e. The highest BCUT2D eigenvalue weighted by molar-refractivity contribution is 5.12. The minimum atomic E-state index is 0.739. The second-order valence-electron chi connectivity index (χ2n) is 3.51. The molecule has 0 aliphatic rings. The van der Waals surface area contributed by atoms with E-state index in [4.69, 9.17) is 4.42 Å². The molecule has 0 fully saturated rings. The van der Waals surface area contributed by atoms with E-state index in [0.29, 0.717) is 0 Å². The minimum absolute atomic E-state index is 0.739. The molecule has 0 spiro atoms. The van der Waals surface area contributed by atoms with Gasteiger partial charge in [-0.3, -0.25) is 4.98 Å². The monoisotopic (exact) mass is 202 g/mol. The summed E-state index contributed by atoms with van der Waals surface area (Å²) in [5, 5.41) is 3.27. The molecule has 0 bridgehead atoms. The maximum absolute atomic E-state index is 5.21. The summed E-state index contributed by atoms with van der Waals surface area (Å²) in [5.74, 6) is 0.946. The van der Waals surface area contributed by atoms with Gasteiger partial charge in [0.05, 0.1) is 18.5 Å². The number of furan rings is 1. The molecule has 3 nitrogen and oxygen atoms in total. The molecule has 1 N–H and O–H groups in total. The molecule has 2 rings (SSSR count). The van der Waals surface area contributed by atoms with Gasteiger partial charge in [0, 0.05) is 12.7 Å². The molecule has 15 heavy (non-hydrogen) atoms. The lowest BCUT2D eigenvalue weighted by Crippen LogP contribution is -2.13. The normalized spacial score (nSPS) is 10.5. The Kier molecular flexibility index (Phi) is 3.15. The van der Waals surface area contributed by atoms with Crippen molar-refractivity contribution in [2.24, 2.45) is 0 Å². The van der Waals surface area contributed by atoms with Gasteiger partial charge in [-0.05, 0) is 30.7 Å². The topological polar surface area (TPSA) is 38.1 Å². The van der Waals surface area contributed by atoms with Gasteiger partial charge in [-0.2, -0.15) is 0 Å². The van der Waals surface area contributed by atoms with E-state index >= 15 is 0 Å². The zero-order valence-electron chi connectivity index (χ0n) is 8.73. The number of nitrogens with zero attached hydrogens (tertiary/aromatic N) is 1. The summed E-state index contributed by atoms with van der Waals surface area (Å²) in [6.07, 6.45) is 3.56. The van der Waals surface area contributed by atoms with Crippen LogP contribution in [0.4, 0.5) is 0 Å². The molecule has 2 heterocycles. The van der Waals surface area contributed by atoms with Crippen LogP contribution in [-0.2, 0) is 13.1 Å². The first-order valence-electron chi connectivity index (χ1n) is 4.99. The van der Waals surface area contributed by atoms with Crippen molar-refractivity contribution in [3.63, 3.8) is 0 Å². The highest BCUT2D eigenvalue weighted by atomic mass is 16.3. The molecule has 0 unspecified atom stereocenters. The van der Waals surface area contributed by atoms with Crippen LogP contribution < -0.4 is 5.32 Å². The van der Waals surface area contributed by atoms with E-state index in [2.05, 4.69) is 16.4 Å². The lowest BCUT2D eigenvalue weighted by molar-refractivity contribution is 0.482. The van der Waals surface area contributed by atoms with E-state index in [1.807, 2.05) is 31.3 Å². The lowest BCUT2D eigenvalue weighted by atomic mass is 10.3. The first kappa shape index (κ1) is 9.93. The number of hydrogen-bond acceptors (Lipinski definition) is 3. The summed E-state index contributed by atoms with van der Waals surface area (Å²) in [6, 6.07) is 7.94. The molecular formula is C12H14N2O. The van der Waals surface area contributed by atoms with Crippen LogP contribution in [0.3, 0.4) is 0 Å². The van der Waals surface area contributed by atoms with E-state index in [-0.39, 0.29) is 0 Å². The summed E-state index contributed by atoms with van der Waals surface area (Å²) < 4.78 is 5.21. The van der Waals surface area contributed by atoms with Gasteiger partial charge in [-0.15, -0.1) is 0 Å². The average molecular weight is 202 g/mol.